The van der Waals surface area contributed by atoms with Gasteiger partial charge in [0.2, 0.25) is 5.91 Å². The summed E-state index contributed by atoms with van der Waals surface area (Å²) < 4.78 is 4.99. The van der Waals surface area contributed by atoms with Crippen LogP contribution in [-0.4, -0.2) is 30.0 Å². The molecule has 0 aliphatic carbocycles. The van der Waals surface area contributed by atoms with Crippen molar-refractivity contribution in [2.24, 2.45) is 0 Å². The smallest absolute Gasteiger partial charge is 0.340 e. The van der Waals surface area contributed by atoms with Crippen LogP contribution < -0.4 is 10.6 Å². The van der Waals surface area contributed by atoms with Gasteiger partial charge >= 0.3 is 5.97 Å². The van der Waals surface area contributed by atoms with E-state index in [-0.39, 0.29) is 5.91 Å². The Hall–Kier alpha value is -2.73. The highest BCUT2D eigenvalue weighted by atomic mass is 16.5. The third kappa shape index (κ3) is 5.48. The van der Waals surface area contributed by atoms with Gasteiger partial charge in [-0.1, -0.05) is 18.2 Å². The number of carbonyl (C=O) groups excluding carboxylic acids is 2. The molecule has 1 amide bonds. The minimum absolute atomic E-state index is 0.166. The number of hydrogen-bond donors (Lipinski definition) is 2. The molecule has 6 heteroatoms. The summed E-state index contributed by atoms with van der Waals surface area (Å²) in [5, 5.41) is 5.91. The molecule has 0 fully saturated rings. The van der Waals surface area contributed by atoms with Gasteiger partial charge < -0.3 is 15.4 Å². The van der Waals surface area contributed by atoms with Gasteiger partial charge in [0.05, 0.1) is 23.6 Å². The topological polar surface area (TPSA) is 80.3 Å². The number of ether oxygens (including phenoxy) is 1. The van der Waals surface area contributed by atoms with Crippen LogP contribution in [0.2, 0.25) is 0 Å². The Morgan fingerprint density at radius 2 is 1.92 bits per heavy atom. The Bertz CT molecular complexity index is 674. The number of benzene rings is 1. The lowest BCUT2D eigenvalue weighted by Gasteiger charge is -2.10. The number of anilines is 1. The van der Waals surface area contributed by atoms with E-state index in [1.807, 2.05) is 18.2 Å². The van der Waals surface area contributed by atoms with E-state index in [0.717, 1.165) is 5.69 Å². The van der Waals surface area contributed by atoms with Crippen LogP contribution in [0, 0.1) is 0 Å². The zero-order valence-electron chi connectivity index (χ0n) is 13.6. The van der Waals surface area contributed by atoms with Gasteiger partial charge in [0.1, 0.15) is 0 Å². The first kappa shape index (κ1) is 17.6. The molecule has 126 valence electrons. The van der Waals surface area contributed by atoms with E-state index in [2.05, 4.69) is 15.6 Å². The minimum atomic E-state index is -0.443. The number of para-hydroxylation sites is 1. The van der Waals surface area contributed by atoms with Crippen LogP contribution in [0.1, 0.15) is 29.4 Å². The normalized spacial score (nSPS) is 10.2. The molecule has 0 radical (unpaired) electrons. The average molecular weight is 327 g/mol. The van der Waals surface area contributed by atoms with Crippen molar-refractivity contribution in [3.05, 3.63) is 59.9 Å². The summed E-state index contributed by atoms with van der Waals surface area (Å²) >= 11 is 0. The van der Waals surface area contributed by atoms with Gasteiger partial charge in [0, 0.05) is 25.7 Å². The number of nitrogens with one attached hydrogen (secondary N) is 2. The summed E-state index contributed by atoms with van der Waals surface area (Å²) in [6, 6.07) is 12.5. The number of aromatic nitrogens is 1. The molecule has 2 rings (SSSR count). The van der Waals surface area contributed by atoms with Crippen molar-refractivity contribution < 1.29 is 14.3 Å². The Labute approximate surface area is 141 Å². The molecule has 0 aliphatic heterocycles. The zero-order valence-corrected chi connectivity index (χ0v) is 13.6. The predicted octanol–water partition coefficient (Wildman–Crippen LogP) is 2.38. The Balaban J connectivity index is 1.81. The van der Waals surface area contributed by atoms with Crippen molar-refractivity contribution in [3.8, 4) is 0 Å². The Kier molecular flexibility index (Phi) is 6.91. The summed E-state index contributed by atoms with van der Waals surface area (Å²) in [5.41, 5.74) is 1.74. The second-order valence-corrected chi connectivity index (χ2v) is 5.06. The van der Waals surface area contributed by atoms with E-state index in [4.69, 9.17) is 4.74 Å². The maximum atomic E-state index is 12.0. The Morgan fingerprint density at radius 3 is 2.67 bits per heavy atom. The van der Waals surface area contributed by atoms with Gasteiger partial charge in [-0.05, 0) is 31.2 Å². The second-order valence-electron chi connectivity index (χ2n) is 5.06. The minimum Gasteiger partial charge on any atom is -0.462 e. The number of amides is 1. The maximum Gasteiger partial charge on any atom is 0.340 e. The third-order valence-electron chi connectivity index (χ3n) is 3.26. The van der Waals surface area contributed by atoms with E-state index in [1.165, 1.54) is 0 Å². The fraction of sp³-hybridized carbons (Fsp3) is 0.278. The first-order valence-corrected chi connectivity index (χ1v) is 7.87. The number of hydrogen-bond acceptors (Lipinski definition) is 5. The van der Waals surface area contributed by atoms with Crippen LogP contribution in [0.5, 0.6) is 0 Å². The van der Waals surface area contributed by atoms with Crippen LogP contribution in [0.3, 0.4) is 0 Å². The van der Waals surface area contributed by atoms with E-state index in [0.29, 0.717) is 37.4 Å². The van der Waals surface area contributed by atoms with Crippen LogP contribution in [-0.2, 0) is 16.1 Å². The van der Waals surface area contributed by atoms with Gasteiger partial charge in [0.15, 0.2) is 0 Å². The summed E-state index contributed by atoms with van der Waals surface area (Å²) in [6.07, 6.45) is 2.03. The third-order valence-corrected chi connectivity index (χ3v) is 3.26. The summed E-state index contributed by atoms with van der Waals surface area (Å²) in [5.74, 6) is -0.609. The van der Waals surface area contributed by atoms with Crippen molar-refractivity contribution in [2.75, 3.05) is 18.5 Å². The molecular weight excluding hydrogens is 306 g/mol. The highest BCUT2D eigenvalue weighted by Gasteiger charge is 2.13. The van der Waals surface area contributed by atoms with E-state index in [9.17, 15) is 9.59 Å². The molecule has 24 heavy (non-hydrogen) atoms. The number of rotatable bonds is 8. The lowest BCUT2D eigenvalue weighted by atomic mass is 10.1. The number of nitrogens with zero attached hydrogens (tertiary/aromatic N) is 1. The van der Waals surface area contributed by atoms with E-state index in [1.54, 1.807) is 37.4 Å². The van der Waals surface area contributed by atoms with Gasteiger partial charge in [-0.15, -0.1) is 0 Å². The van der Waals surface area contributed by atoms with Crippen LogP contribution in [0.4, 0.5) is 5.69 Å². The highest BCUT2D eigenvalue weighted by Crippen LogP contribution is 2.16. The second kappa shape index (κ2) is 9.42. The number of pyridine rings is 1. The zero-order chi connectivity index (χ0) is 17.2. The molecule has 0 saturated carbocycles. The molecule has 0 unspecified atom stereocenters. The average Bonchev–Trinajstić information content (AvgIpc) is 2.60. The van der Waals surface area contributed by atoms with Crippen LogP contribution in [0.25, 0.3) is 0 Å². The molecule has 0 spiro atoms. The maximum absolute atomic E-state index is 12.0. The van der Waals surface area contributed by atoms with Crippen LogP contribution >= 0.6 is 0 Å². The van der Waals surface area contributed by atoms with Gasteiger partial charge in [-0.25, -0.2) is 4.79 Å². The van der Waals surface area contributed by atoms with Crippen LogP contribution in [0.15, 0.2) is 48.7 Å². The summed E-state index contributed by atoms with van der Waals surface area (Å²) in [7, 11) is 0. The first-order valence-electron chi connectivity index (χ1n) is 7.87. The molecule has 6 nitrogen and oxygen atoms in total. The van der Waals surface area contributed by atoms with Crippen molar-refractivity contribution in [1.29, 1.82) is 0 Å². The molecule has 0 bridgehead atoms. The number of esters is 1. The van der Waals surface area contributed by atoms with E-state index < -0.39 is 5.97 Å². The number of carbonyl (C=O) groups is 2. The lowest BCUT2D eigenvalue weighted by molar-refractivity contribution is -0.116. The van der Waals surface area contributed by atoms with Crippen molar-refractivity contribution >= 4 is 17.6 Å². The van der Waals surface area contributed by atoms with Crippen molar-refractivity contribution in [1.82, 2.24) is 10.3 Å². The monoisotopic (exact) mass is 327 g/mol. The van der Waals surface area contributed by atoms with Gasteiger partial charge in [-0.3, -0.25) is 9.78 Å². The van der Waals surface area contributed by atoms with Gasteiger partial charge in [0.25, 0.3) is 0 Å². The standard InChI is InChI=1S/C18H21N3O3/c1-2-24-18(23)15-8-3-4-9-16(15)21-17(22)10-12-19-13-14-7-5-6-11-20-14/h3-9,11,19H,2,10,12-13H2,1H3,(H,21,22). The molecule has 1 heterocycles. The largest absolute Gasteiger partial charge is 0.462 e. The molecule has 1 aromatic heterocycles. The summed E-state index contributed by atoms with van der Waals surface area (Å²) in [4.78, 5) is 28.1. The summed E-state index contributed by atoms with van der Waals surface area (Å²) in [6.45, 7) is 3.16. The predicted molar refractivity (Wildman–Crippen MR) is 91.6 cm³/mol. The molecule has 0 aliphatic rings. The molecular formula is C18H21N3O3. The fourth-order valence-electron chi connectivity index (χ4n) is 2.11. The molecule has 0 atom stereocenters. The van der Waals surface area contributed by atoms with Crippen molar-refractivity contribution in [2.45, 2.75) is 19.9 Å². The molecule has 2 N–H and O–H groups in total. The first-order chi connectivity index (χ1) is 11.7. The highest BCUT2D eigenvalue weighted by molar-refractivity contribution is 6.01. The molecule has 2 aromatic rings. The van der Waals surface area contributed by atoms with E-state index >= 15 is 0 Å². The lowest BCUT2D eigenvalue weighted by Crippen LogP contribution is -2.22. The fourth-order valence-corrected chi connectivity index (χ4v) is 2.11. The Morgan fingerprint density at radius 1 is 1.12 bits per heavy atom. The molecule has 1 aromatic carbocycles. The van der Waals surface area contributed by atoms with Gasteiger partial charge in [-0.2, -0.15) is 0 Å². The molecule has 0 saturated heterocycles. The quantitative estimate of drug-likeness (QED) is 0.575. The SMILES string of the molecule is CCOC(=O)c1ccccc1NC(=O)CCNCc1ccccn1. The van der Waals surface area contributed by atoms with Crippen molar-refractivity contribution in [3.63, 3.8) is 0 Å².